The molecule has 0 spiro atoms. The highest BCUT2D eigenvalue weighted by Crippen LogP contribution is 2.18. The van der Waals surface area contributed by atoms with Crippen LogP contribution in [0, 0.1) is 0 Å². The van der Waals surface area contributed by atoms with Gasteiger partial charge in [-0.05, 0) is 59.2 Å². The maximum Gasteiger partial charge on any atom is 0.408 e. The molecule has 0 heterocycles. The van der Waals surface area contributed by atoms with Crippen LogP contribution in [-0.4, -0.2) is 29.8 Å². The van der Waals surface area contributed by atoms with E-state index in [2.05, 4.69) is 16.0 Å². The number of ether oxygens (including phenoxy) is 1. The van der Waals surface area contributed by atoms with E-state index in [0.29, 0.717) is 5.02 Å². The second-order valence-electron chi connectivity index (χ2n) is 7.84. The van der Waals surface area contributed by atoms with E-state index in [1.165, 1.54) is 0 Å². The largest absolute Gasteiger partial charge is 0.444 e. The van der Waals surface area contributed by atoms with Crippen LogP contribution >= 0.6 is 11.6 Å². The summed E-state index contributed by atoms with van der Waals surface area (Å²) in [5.41, 5.74) is -0.191. The second kappa shape index (κ2) is 8.43. The fourth-order valence-corrected chi connectivity index (χ4v) is 2.20. The molecule has 0 saturated carbocycles. The van der Waals surface area contributed by atoms with Gasteiger partial charge in [0.05, 0.1) is 6.04 Å². The number of urea groups is 1. The number of carbonyl (C=O) groups is 2. The van der Waals surface area contributed by atoms with E-state index in [9.17, 15) is 9.59 Å². The SMILES string of the molecule is CC(C)(C)NC(=O)NCC(NC(=O)OC(C)(C)C)c1cccc(Cl)c1. The average molecular weight is 370 g/mol. The molecule has 0 bridgehead atoms. The lowest BCUT2D eigenvalue weighted by Crippen LogP contribution is -2.49. The minimum absolute atomic E-state index is 0.196. The van der Waals surface area contributed by atoms with Crippen molar-refractivity contribution in [2.45, 2.75) is 58.7 Å². The van der Waals surface area contributed by atoms with Gasteiger partial charge in [-0.15, -0.1) is 0 Å². The molecule has 140 valence electrons. The van der Waals surface area contributed by atoms with Gasteiger partial charge in [-0.1, -0.05) is 23.7 Å². The quantitative estimate of drug-likeness (QED) is 0.750. The van der Waals surface area contributed by atoms with Crippen LogP contribution < -0.4 is 16.0 Å². The Balaban J connectivity index is 2.82. The Kier molecular flexibility index (Phi) is 7.11. The normalized spacial score (nSPS) is 12.9. The van der Waals surface area contributed by atoms with E-state index in [1.54, 1.807) is 39.0 Å². The van der Waals surface area contributed by atoms with Crippen molar-refractivity contribution in [3.63, 3.8) is 0 Å². The lowest BCUT2D eigenvalue weighted by Gasteiger charge is -2.25. The first kappa shape index (κ1) is 21.1. The van der Waals surface area contributed by atoms with Crippen LogP contribution in [0.15, 0.2) is 24.3 Å². The van der Waals surface area contributed by atoms with Gasteiger partial charge in [0.2, 0.25) is 0 Å². The summed E-state index contributed by atoms with van der Waals surface area (Å²) in [7, 11) is 0. The highest BCUT2D eigenvalue weighted by Gasteiger charge is 2.22. The highest BCUT2D eigenvalue weighted by molar-refractivity contribution is 6.30. The van der Waals surface area contributed by atoms with Gasteiger partial charge in [0.25, 0.3) is 0 Å². The third-order valence-corrected chi connectivity index (χ3v) is 3.13. The first-order valence-electron chi connectivity index (χ1n) is 8.17. The van der Waals surface area contributed by atoms with E-state index in [4.69, 9.17) is 16.3 Å². The molecule has 0 aliphatic rings. The van der Waals surface area contributed by atoms with Crippen LogP contribution in [0.1, 0.15) is 53.1 Å². The van der Waals surface area contributed by atoms with Crippen LogP contribution in [0.5, 0.6) is 0 Å². The van der Waals surface area contributed by atoms with E-state index >= 15 is 0 Å². The van der Waals surface area contributed by atoms with Crippen molar-refractivity contribution in [3.8, 4) is 0 Å². The Hall–Kier alpha value is -1.95. The number of amides is 3. The van der Waals surface area contributed by atoms with Gasteiger partial charge in [0.1, 0.15) is 5.60 Å². The summed E-state index contributed by atoms with van der Waals surface area (Å²) in [6.07, 6.45) is -0.560. The van der Waals surface area contributed by atoms with Crippen molar-refractivity contribution < 1.29 is 14.3 Å². The number of alkyl carbamates (subject to hydrolysis) is 1. The van der Waals surface area contributed by atoms with Gasteiger partial charge in [-0.3, -0.25) is 0 Å². The van der Waals surface area contributed by atoms with Crippen LogP contribution in [0.25, 0.3) is 0 Å². The Bertz CT molecular complexity index is 606. The number of hydrogen-bond donors (Lipinski definition) is 3. The maximum atomic E-state index is 12.1. The number of benzene rings is 1. The Morgan fingerprint density at radius 2 is 1.80 bits per heavy atom. The van der Waals surface area contributed by atoms with Crippen LogP contribution in [-0.2, 0) is 4.74 Å². The molecule has 1 aromatic carbocycles. The molecule has 6 nitrogen and oxygen atoms in total. The smallest absolute Gasteiger partial charge is 0.408 e. The molecule has 7 heteroatoms. The van der Waals surface area contributed by atoms with Gasteiger partial charge in [0, 0.05) is 17.1 Å². The van der Waals surface area contributed by atoms with Crippen molar-refractivity contribution in [1.29, 1.82) is 0 Å². The average Bonchev–Trinajstić information content (AvgIpc) is 2.39. The van der Waals surface area contributed by atoms with Crippen LogP contribution in [0.3, 0.4) is 0 Å². The molecule has 0 radical (unpaired) electrons. The zero-order chi connectivity index (χ0) is 19.3. The summed E-state index contributed by atoms with van der Waals surface area (Å²) in [6.45, 7) is 11.2. The van der Waals surface area contributed by atoms with Crippen molar-refractivity contribution in [2.24, 2.45) is 0 Å². The molecular weight excluding hydrogens is 342 g/mol. The van der Waals surface area contributed by atoms with E-state index in [-0.39, 0.29) is 18.1 Å². The Morgan fingerprint density at radius 1 is 1.16 bits per heavy atom. The van der Waals surface area contributed by atoms with Gasteiger partial charge < -0.3 is 20.7 Å². The van der Waals surface area contributed by atoms with Gasteiger partial charge >= 0.3 is 12.1 Å². The number of nitrogens with one attached hydrogen (secondary N) is 3. The molecule has 0 saturated heterocycles. The lowest BCUT2D eigenvalue weighted by molar-refractivity contribution is 0.0503. The second-order valence-corrected chi connectivity index (χ2v) is 8.28. The first-order valence-corrected chi connectivity index (χ1v) is 8.54. The molecule has 3 N–H and O–H groups in total. The van der Waals surface area contributed by atoms with E-state index < -0.39 is 17.7 Å². The molecule has 1 unspecified atom stereocenters. The number of hydrogen-bond acceptors (Lipinski definition) is 3. The first-order chi connectivity index (χ1) is 11.4. The van der Waals surface area contributed by atoms with Crippen LogP contribution in [0.2, 0.25) is 5.02 Å². The Labute approximate surface area is 154 Å². The topological polar surface area (TPSA) is 79.5 Å². The molecule has 1 rings (SSSR count). The molecule has 1 aromatic rings. The predicted molar refractivity (Wildman–Crippen MR) is 99.9 cm³/mol. The summed E-state index contributed by atoms with van der Waals surface area (Å²) >= 11 is 6.04. The zero-order valence-corrected chi connectivity index (χ0v) is 16.5. The van der Waals surface area contributed by atoms with Gasteiger partial charge in [-0.25, -0.2) is 9.59 Å². The number of halogens is 1. The molecular formula is C18H28ClN3O3. The molecule has 0 aliphatic heterocycles. The monoisotopic (exact) mass is 369 g/mol. The fraction of sp³-hybridized carbons (Fsp3) is 0.556. The molecule has 1 atom stereocenters. The summed E-state index contributed by atoms with van der Waals surface area (Å²) in [5, 5.41) is 8.89. The van der Waals surface area contributed by atoms with Crippen molar-refractivity contribution in [3.05, 3.63) is 34.9 Å². The van der Waals surface area contributed by atoms with Gasteiger partial charge in [-0.2, -0.15) is 0 Å². The summed E-state index contributed by atoms with van der Waals surface area (Å²) in [5.74, 6) is 0. The van der Waals surface area contributed by atoms with E-state index in [0.717, 1.165) is 5.56 Å². The zero-order valence-electron chi connectivity index (χ0n) is 15.7. The summed E-state index contributed by atoms with van der Waals surface area (Å²) in [6, 6.07) is 6.32. The molecule has 0 fully saturated rings. The van der Waals surface area contributed by atoms with Crippen LogP contribution in [0.4, 0.5) is 9.59 Å². The van der Waals surface area contributed by atoms with Crippen molar-refractivity contribution in [2.75, 3.05) is 6.54 Å². The summed E-state index contributed by atoms with van der Waals surface area (Å²) in [4.78, 5) is 24.1. The maximum absolute atomic E-state index is 12.1. The van der Waals surface area contributed by atoms with E-state index in [1.807, 2.05) is 26.8 Å². The fourth-order valence-electron chi connectivity index (χ4n) is 2.00. The molecule has 0 aliphatic carbocycles. The third-order valence-electron chi connectivity index (χ3n) is 2.90. The predicted octanol–water partition coefficient (Wildman–Crippen LogP) is 4.00. The van der Waals surface area contributed by atoms with Crippen molar-refractivity contribution in [1.82, 2.24) is 16.0 Å². The van der Waals surface area contributed by atoms with Gasteiger partial charge in [0.15, 0.2) is 0 Å². The van der Waals surface area contributed by atoms with Crippen molar-refractivity contribution >= 4 is 23.7 Å². The molecule has 25 heavy (non-hydrogen) atoms. The summed E-state index contributed by atoms with van der Waals surface area (Å²) < 4.78 is 5.30. The minimum atomic E-state index is -0.611. The number of rotatable bonds is 4. The minimum Gasteiger partial charge on any atom is -0.444 e. The lowest BCUT2D eigenvalue weighted by atomic mass is 10.1. The highest BCUT2D eigenvalue weighted by atomic mass is 35.5. The molecule has 0 aromatic heterocycles. The number of carbonyl (C=O) groups excluding carboxylic acids is 2. The standard InChI is InChI=1S/C18H28ClN3O3/c1-17(2,3)22-15(23)20-11-14(12-8-7-9-13(19)10-12)21-16(24)25-18(4,5)6/h7-10,14H,11H2,1-6H3,(H,21,24)(H2,20,22,23). The third kappa shape index (κ3) is 9.19. The molecule has 3 amide bonds. The Morgan fingerprint density at radius 3 is 2.32 bits per heavy atom.